The van der Waals surface area contributed by atoms with Gasteiger partial charge in [0.15, 0.2) is 0 Å². The van der Waals surface area contributed by atoms with Crippen LogP contribution in [-0.2, 0) is 11.2 Å². The maximum Gasteiger partial charge on any atom is 0.240 e. The zero-order valence-electron chi connectivity index (χ0n) is 15.8. The van der Waals surface area contributed by atoms with Gasteiger partial charge >= 0.3 is 0 Å². The molecule has 0 unspecified atom stereocenters. The molecule has 1 amide bonds. The first-order valence-electron chi connectivity index (χ1n) is 9.87. The van der Waals surface area contributed by atoms with Gasteiger partial charge in [-0.1, -0.05) is 36.4 Å². The van der Waals surface area contributed by atoms with Gasteiger partial charge in [-0.15, -0.1) is 6.58 Å². The lowest BCUT2D eigenvalue weighted by atomic mass is 9.98. The number of pyridine rings is 1. The molecule has 4 heteroatoms. The molecule has 2 aliphatic rings. The molecule has 0 radical (unpaired) electrons. The number of carbonyl (C=O) groups is 1. The molecular formula is C23H27N3O. The molecule has 1 aromatic carbocycles. The van der Waals surface area contributed by atoms with E-state index in [4.69, 9.17) is 0 Å². The molecule has 1 aromatic heterocycles. The zero-order valence-corrected chi connectivity index (χ0v) is 15.8. The maximum atomic E-state index is 13.0. The second-order valence-electron chi connectivity index (χ2n) is 7.67. The molecule has 1 aliphatic carbocycles. The predicted octanol–water partition coefficient (Wildman–Crippen LogP) is 3.40. The van der Waals surface area contributed by atoms with E-state index in [0.717, 1.165) is 43.1 Å². The van der Waals surface area contributed by atoms with Crippen molar-refractivity contribution in [2.45, 2.75) is 25.3 Å². The fourth-order valence-electron chi connectivity index (χ4n) is 3.88. The first-order valence-corrected chi connectivity index (χ1v) is 9.87. The van der Waals surface area contributed by atoms with Crippen molar-refractivity contribution in [2.24, 2.45) is 5.92 Å². The van der Waals surface area contributed by atoms with Crippen LogP contribution in [0.1, 0.15) is 18.4 Å². The third-order valence-corrected chi connectivity index (χ3v) is 5.61. The summed E-state index contributed by atoms with van der Waals surface area (Å²) < 4.78 is 0. The van der Waals surface area contributed by atoms with E-state index in [1.807, 2.05) is 23.2 Å². The summed E-state index contributed by atoms with van der Waals surface area (Å²) in [7, 11) is 0. The standard InChI is InChI=1S/C23H27N3O/c1-2-12-25-13-14-26(17-19-5-6-19)22(23(25)27)15-18-7-9-20(10-8-18)21-4-3-11-24-16-21/h2-4,7-11,16,19,22H,1,5-6,12-15,17H2/t22-/m0/s1. The van der Waals surface area contributed by atoms with Gasteiger partial charge in [-0.05, 0) is 47.9 Å². The largest absolute Gasteiger partial charge is 0.336 e. The Morgan fingerprint density at radius 2 is 1.93 bits per heavy atom. The molecule has 2 fully saturated rings. The minimum atomic E-state index is -0.0523. The number of nitrogens with zero attached hydrogens (tertiary/aromatic N) is 3. The molecule has 140 valence electrons. The van der Waals surface area contributed by atoms with Gasteiger partial charge < -0.3 is 4.90 Å². The first-order chi connectivity index (χ1) is 13.2. The van der Waals surface area contributed by atoms with Crippen LogP contribution < -0.4 is 0 Å². The van der Waals surface area contributed by atoms with E-state index in [1.54, 1.807) is 6.20 Å². The van der Waals surface area contributed by atoms with Gasteiger partial charge in [-0.2, -0.15) is 0 Å². The normalized spacial score (nSPS) is 20.7. The predicted molar refractivity (Wildman–Crippen MR) is 108 cm³/mol. The molecule has 0 spiro atoms. The van der Waals surface area contributed by atoms with Gasteiger partial charge in [0.1, 0.15) is 0 Å². The van der Waals surface area contributed by atoms with E-state index in [-0.39, 0.29) is 11.9 Å². The number of benzene rings is 1. The minimum Gasteiger partial charge on any atom is -0.336 e. The van der Waals surface area contributed by atoms with Gasteiger partial charge in [0.2, 0.25) is 5.91 Å². The zero-order chi connectivity index (χ0) is 18.6. The van der Waals surface area contributed by atoms with Crippen LogP contribution in [0.25, 0.3) is 11.1 Å². The highest BCUT2D eigenvalue weighted by Crippen LogP contribution is 2.31. The summed E-state index contributed by atoms with van der Waals surface area (Å²) in [6.45, 7) is 7.29. The molecule has 1 aliphatic heterocycles. The topological polar surface area (TPSA) is 36.4 Å². The molecular weight excluding hydrogens is 334 g/mol. The van der Waals surface area contributed by atoms with E-state index in [2.05, 4.69) is 46.8 Å². The van der Waals surface area contributed by atoms with Crippen LogP contribution in [0.4, 0.5) is 0 Å². The molecule has 27 heavy (non-hydrogen) atoms. The molecule has 2 heterocycles. The molecule has 0 N–H and O–H groups in total. The Bertz CT molecular complexity index is 783. The Hall–Kier alpha value is -2.46. The number of hydrogen-bond acceptors (Lipinski definition) is 3. The minimum absolute atomic E-state index is 0.0523. The Morgan fingerprint density at radius 1 is 1.11 bits per heavy atom. The fourth-order valence-corrected chi connectivity index (χ4v) is 3.88. The summed E-state index contributed by atoms with van der Waals surface area (Å²) in [6.07, 6.45) is 8.89. The first kappa shape index (κ1) is 17.9. The van der Waals surface area contributed by atoms with Crippen molar-refractivity contribution in [1.82, 2.24) is 14.8 Å². The van der Waals surface area contributed by atoms with Crippen LogP contribution in [0, 0.1) is 5.92 Å². The van der Waals surface area contributed by atoms with Crippen molar-refractivity contribution in [3.8, 4) is 11.1 Å². The van der Waals surface area contributed by atoms with E-state index in [0.29, 0.717) is 6.54 Å². The number of piperazine rings is 1. The molecule has 1 saturated heterocycles. The van der Waals surface area contributed by atoms with Crippen molar-refractivity contribution in [3.63, 3.8) is 0 Å². The van der Waals surface area contributed by atoms with Crippen LogP contribution >= 0.6 is 0 Å². The van der Waals surface area contributed by atoms with E-state index >= 15 is 0 Å². The second kappa shape index (κ2) is 8.05. The van der Waals surface area contributed by atoms with Crippen LogP contribution in [0.15, 0.2) is 61.4 Å². The molecule has 0 bridgehead atoms. The Kier molecular flexibility index (Phi) is 5.35. The third-order valence-electron chi connectivity index (χ3n) is 5.61. The summed E-state index contributed by atoms with van der Waals surface area (Å²) in [6, 6.07) is 12.5. The average molecular weight is 361 g/mol. The van der Waals surface area contributed by atoms with E-state index in [1.165, 1.54) is 18.4 Å². The maximum absolute atomic E-state index is 13.0. The van der Waals surface area contributed by atoms with Gasteiger partial charge in [-0.3, -0.25) is 14.7 Å². The highest BCUT2D eigenvalue weighted by molar-refractivity contribution is 5.83. The molecule has 2 aromatic rings. The van der Waals surface area contributed by atoms with Gasteiger partial charge in [-0.25, -0.2) is 0 Å². The van der Waals surface area contributed by atoms with Crippen LogP contribution in [0.3, 0.4) is 0 Å². The highest BCUT2D eigenvalue weighted by Gasteiger charge is 2.37. The van der Waals surface area contributed by atoms with E-state index in [9.17, 15) is 4.79 Å². The fraction of sp³-hybridized carbons (Fsp3) is 0.391. The highest BCUT2D eigenvalue weighted by atomic mass is 16.2. The number of amides is 1. The monoisotopic (exact) mass is 361 g/mol. The van der Waals surface area contributed by atoms with Gasteiger partial charge in [0.05, 0.1) is 6.04 Å². The molecule has 4 nitrogen and oxygen atoms in total. The second-order valence-corrected chi connectivity index (χ2v) is 7.67. The summed E-state index contributed by atoms with van der Waals surface area (Å²) in [5.41, 5.74) is 3.48. The Morgan fingerprint density at radius 3 is 2.59 bits per heavy atom. The summed E-state index contributed by atoms with van der Waals surface area (Å²) in [4.78, 5) is 21.6. The van der Waals surface area contributed by atoms with Gasteiger partial charge in [0.25, 0.3) is 0 Å². The number of hydrogen-bond donors (Lipinski definition) is 0. The summed E-state index contributed by atoms with van der Waals surface area (Å²) in [5, 5.41) is 0. The lowest BCUT2D eigenvalue weighted by Crippen LogP contribution is -2.58. The lowest BCUT2D eigenvalue weighted by Gasteiger charge is -2.40. The Balaban J connectivity index is 1.50. The van der Waals surface area contributed by atoms with Crippen LogP contribution in [0.2, 0.25) is 0 Å². The number of rotatable bonds is 7. The average Bonchev–Trinajstić information content (AvgIpc) is 3.52. The molecule has 1 atom stereocenters. The van der Waals surface area contributed by atoms with Crippen molar-refractivity contribution >= 4 is 5.91 Å². The Labute approximate surface area is 161 Å². The molecule has 1 saturated carbocycles. The van der Waals surface area contributed by atoms with Crippen molar-refractivity contribution in [1.29, 1.82) is 0 Å². The third kappa shape index (κ3) is 4.28. The summed E-state index contributed by atoms with van der Waals surface area (Å²) >= 11 is 0. The lowest BCUT2D eigenvalue weighted by molar-refractivity contribution is -0.141. The van der Waals surface area contributed by atoms with Crippen molar-refractivity contribution in [3.05, 3.63) is 67.0 Å². The number of aromatic nitrogens is 1. The quantitative estimate of drug-likeness (QED) is 0.709. The van der Waals surface area contributed by atoms with Crippen molar-refractivity contribution in [2.75, 3.05) is 26.2 Å². The summed E-state index contributed by atoms with van der Waals surface area (Å²) in [5.74, 6) is 1.04. The van der Waals surface area contributed by atoms with E-state index < -0.39 is 0 Å². The van der Waals surface area contributed by atoms with Crippen LogP contribution in [-0.4, -0.2) is 52.9 Å². The SMILES string of the molecule is C=CCN1CCN(CC2CC2)[C@@H](Cc2ccc(-c3cccnc3)cc2)C1=O. The van der Waals surface area contributed by atoms with Crippen LogP contribution in [0.5, 0.6) is 0 Å². The smallest absolute Gasteiger partial charge is 0.240 e. The molecule has 4 rings (SSSR count). The van der Waals surface area contributed by atoms with Crippen molar-refractivity contribution < 1.29 is 4.79 Å². The van der Waals surface area contributed by atoms with Gasteiger partial charge in [0, 0.05) is 38.6 Å². The number of carbonyl (C=O) groups excluding carboxylic acids is 1.